The van der Waals surface area contributed by atoms with Gasteiger partial charge in [-0.1, -0.05) is 38.5 Å². The van der Waals surface area contributed by atoms with Gasteiger partial charge in [-0.25, -0.2) is 0 Å². The highest BCUT2D eigenvalue weighted by atomic mass is 16.1. The first-order chi connectivity index (χ1) is 8.86. The molecule has 0 aromatic rings. The quantitative estimate of drug-likeness (QED) is 0.713. The Morgan fingerprint density at radius 2 is 1.94 bits per heavy atom. The molecule has 104 valence electrons. The Bertz CT molecular complexity index is 243. The Morgan fingerprint density at radius 1 is 1.11 bits per heavy atom. The van der Waals surface area contributed by atoms with E-state index in [4.69, 9.17) is 0 Å². The fraction of sp³-hybridized carbons (Fsp3) is 0.933. The lowest BCUT2D eigenvalue weighted by Gasteiger charge is -2.21. The molecule has 0 aromatic carbocycles. The van der Waals surface area contributed by atoms with Crippen molar-refractivity contribution in [3.8, 4) is 0 Å². The van der Waals surface area contributed by atoms with Crippen LogP contribution in [0, 0.1) is 11.8 Å². The number of hydrogen-bond donors (Lipinski definition) is 2. The van der Waals surface area contributed by atoms with Gasteiger partial charge in [-0.2, -0.15) is 0 Å². The van der Waals surface area contributed by atoms with Gasteiger partial charge >= 0.3 is 0 Å². The monoisotopic (exact) mass is 252 g/mol. The van der Waals surface area contributed by atoms with Crippen molar-refractivity contribution in [3.05, 3.63) is 0 Å². The number of amides is 1. The first-order valence-corrected chi connectivity index (χ1v) is 7.84. The Balaban J connectivity index is 1.48. The predicted octanol–water partition coefficient (Wildman–Crippen LogP) is 2.46. The lowest BCUT2D eigenvalue weighted by atomic mass is 9.98. The average Bonchev–Trinajstić information content (AvgIpc) is 2.92. The molecule has 3 nitrogen and oxygen atoms in total. The lowest BCUT2D eigenvalue weighted by molar-refractivity contribution is -0.125. The normalized spacial score (nSPS) is 25.2. The Hall–Kier alpha value is -0.570. The predicted molar refractivity (Wildman–Crippen MR) is 74.4 cm³/mol. The number of piperidine rings is 1. The summed E-state index contributed by atoms with van der Waals surface area (Å²) in [6, 6.07) is 0. The van der Waals surface area contributed by atoms with Gasteiger partial charge in [-0.05, 0) is 31.7 Å². The van der Waals surface area contributed by atoms with Gasteiger partial charge in [0, 0.05) is 13.1 Å². The molecular weight excluding hydrogens is 224 g/mol. The first kappa shape index (κ1) is 13.9. The van der Waals surface area contributed by atoms with Crippen molar-refractivity contribution in [3.63, 3.8) is 0 Å². The van der Waals surface area contributed by atoms with E-state index < -0.39 is 0 Å². The summed E-state index contributed by atoms with van der Waals surface area (Å²) in [6.45, 7) is 2.82. The van der Waals surface area contributed by atoms with Crippen molar-refractivity contribution < 1.29 is 4.79 Å². The molecule has 0 bridgehead atoms. The van der Waals surface area contributed by atoms with Crippen LogP contribution < -0.4 is 10.6 Å². The van der Waals surface area contributed by atoms with E-state index in [1.54, 1.807) is 0 Å². The van der Waals surface area contributed by atoms with Crippen LogP contribution in [-0.4, -0.2) is 25.5 Å². The van der Waals surface area contributed by atoms with Gasteiger partial charge in [0.05, 0.1) is 5.92 Å². The molecule has 1 aliphatic carbocycles. The van der Waals surface area contributed by atoms with Crippen molar-refractivity contribution in [1.82, 2.24) is 10.6 Å². The Kier molecular flexibility index (Phi) is 5.98. The van der Waals surface area contributed by atoms with E-state index in [1.165, 1.54) is 38.5 Å². The molecule has 1 amide bonds. The van der Waals surface area contributed by atoms with Gasteiger partial charge in [-0.3, -0.25) is 4.79 Å². The van der Waals surface area contributed by atoms with Crippen molar-refractivity contribution in [1.29, 1.82) is 0 Å². The van der Waals surface area contributed by atoms with Crippen molar-refractivity contribution in [2.24, 2.45) is 11.8 Å². The molecule has 2 rings (SSSR count). The molecule has 0 aromatic heterocycles. The molecule has 2 fully saturated rings. The smallest absolute Gasteiger partial charge is 0.224 e. The van der Waals surface area contributed by atoms with E-state index in [1.807, 2.05) is 0 Å². The summed E-state index contributed by atoms with van der Waals surface area (Å²) in [4.78, 5) is 11.9. The molecule has 1 atom stereocenters. The molecule has 1 aliphatic heterocycles. The van der Waals surface area contributed by atoms with Crippen LogP contribution in [0.4, 0.5) is 0 Å². The summed E-state index contributed by atoms with van der Waals surface area (Å²) in [6.07, 6.45) is 11.8. The van der Waals surface area contributed by atoms with Crippen LogP contribution in [0.3, 0.4) is 0 Å². The highest BCUT2D eigenvalue weighted by Gasteiger charge is 2.20. The molecule has 1 heterocycles. The van der Waals surface area contributed by atoms with Gasteiger partial charge in [0.15, 0.2) is 0 Å². The van der Waals surface area contributed by atoms with Gasteiger partial charge in [0.1, 0.15) is 0 Å². The topological polar surface area (TPSA) is 41.1 Å². The number of hydrogen-bond acceptors (Lipinski definition) is 2. The standard InChI is InChI=1S/C15H28N2O/c18-15(14-9-5-10-16-12-14)17-11-4-3-8-13-6-1-2-7-13/h13-14,16H,1-12H2,(H,17,18). The molecule has 2 N–H and O–H groups in total. The van der Waals surface area contributed by atoms with Gasteiger partial charge < -0.3 is 10.6 Å². The molecule has 3 heteroatoms. The second kappa shape index (κ2) is 7.78. The summed E-state index contributed by atoms with van der Waals surface area (Å²) in [7, 11) is 0. The molecule has 2 aliphatic rings. The zero-order valence-corrected chi connectivity index (χ0v) is 11.5. The minimum Gasteiger partial charge on any atom is -0.356 e. The molecular formula is C15H28N2O. The van der Waals surface area contributed by atoms with Crippen LogP contribution in [0.1, 0.15) is 57.8 Å². The molecule has 1 saturated carbocycles. The number of carbonyl (C=O) groups excluding carboxylic acids is 1. The molecule has 0 radical (unpaired) electrons. The Labute approximate surface area is 111 Å². The van der Waals surface area contributed by atoms with Crippen molar-refractivity contribution in [2.75, 3.05) is 19.6 Å². The zero-order chi connectivity index (χ0) is 12.6. The summed E-state index contributed by atoms with van der Waals surface area (Å²) >= 11 is 0. The zero-order valence-electron chi connectivity index (χ0n) is 11.5. The summed E-state index contributed by atoms with van der Waals surface area (Å²) in [5.41, 5.74) is 0. The van der Waals surface area contributed by atoms with Gasteiger partial charge in [0.25, 0.3) is 0 Å². The summed E-state index contributed by atoms with van der Waals surface area (Å²) < 4.78 is 0. The number of carbonyl (C=O) groups is 1. The highest BCUT2D eigenvalue weighted by molar-refractivity contribution is 5.78. The molecule has 0 spiro atoms. The largest absolute Gasteiger partial charge is 0.356 e. The summed E-state index contributed by atoms with van der Waals surface area (Å²) in [5, 5.41) is 6.39. The Morgan fingerprint density at radius 3 is 2.67 bits per heavy atom. The van der Waals surface area contributed by atoms with Gasteiger partial charge in [-0.15, -0.1) is 0 Å². The molecule has 18 heavy (non-hydrogen) atoms. The molecule has 1 saturated heterocycles. The minimum atomic E-state index is 0.216. The maximum absolute atomic E-state index is 11.9. The van der Waals surface area contributed by atoms with Crippen LogP contribution >= 0.6 is 0 Å². The second-order valence-electron chi connectivity index (χ2n) is 5.98. The van der Waals surface area contributed by atoms with Crippen LogP contribution in [0.5, 0.6) is 0 Å². The van der Waals surface area contributed by atoms with Crippen molar-refractivity contribution in [2.45, 2.75) is 57.8 Å². The number of rotatable bonds is 6. The lowest BCUT2D eigenvalue weighted by Crippen LogP contribution is -2.40. The van der Waals surface area contributed by atoms with E-state index in [-0.39, 0.29) is 11.8 Å². The van der Waals surface area contributed by atoms with Gasteiger partial charge in [0.2, 0.25) is 5.91 Å². The second-order valence-corrected chi connectivity index (χ2v) is 5.98. The number of nitrogens with one attached hydrogen (secondary N) is 2. The van der Waals surface area contributed by atoms with E-state index in [9.17, 15) is 4.79 Å². The first-order valence-electron chi connectivity index (χ1n) is 7.84. The van der Waals surface area contributed by atoms with Crippen molar-refractivity contribution >= 4 is 5.91 Å². The molecule has 1 unspecified atom stereocenters. The van der Waals surface area contributed by atoms with Crippen LogP contribution in [0.15, 0.2) is 0 Å². The fourth-order valence-electron chi connectivity index (χ4n) is 3.29. The third-order valence-corrected chi connectivity index (χ3v) is 4.48. The maximum Gasteiger partial charge on any atom is 0.224 e. The number of unbranched alkanes of at least 4 members (excludes halogenated alkanes) is 1. The average molecular weight is 252 g/mol. The maximum atomic E-state index is 11.9. The van der Waals surface area contributed by atoms with Crippen LogP contribution in [0.25, 0.3) is 0 Å². The van der Waals surface area contributed by atoms with E-state index in [0.29, 0.717) is 0 Å². The van der Waals surface area contributed by atoms with E-state index >= 15 is 0 Å². The van der Waals surface area contributed by atoms with E-state index in [0.717, 1.165) is 44.8 Å². The third-order valence-electron chi connectivity index (χ3n) is 4.48. The van der Waals surface area contributed by atoms with Crippen LogP contribution in [-0.2, 0) is 4.79 Å². The SMILES string of the molecule is O=C(NCCCCC1CCCC1)C1CCCNC1. The van der Waals surface area contributed by atoms with Crippen LogP contribution in [0.2, 0.25) is 0 Å². The van der Waals surface area contributed by atoms with E-state index in [2.05, 4.69) is 10.6 Å². The third kappa shape index (κ3) is 4.60. The highest BCUT2D eigenvalue weighted by Crippen LogP contribution is 2.28. The summed E-state index contributed by atoms with van der Waals surface area (Å²) in [5.74, 6) is 1.47. The minimum absolute atomic E-state index is 0.216. The fourth-order valence-corrected chi connectivity index (χ4v) is 3.29.